The molecule has 0 atom stereocenters. The Kier molecular flexibility index (Phi) is 4.85. The Balaban J connectivity index is 2.23. The second-order valence-corrected chi connectivity index (χ2v) is 5.57. The van der Waals surface area contributed by atoms with Crippen molar-refractivity contribution >= 4 is 27.5 Å². The van der Waals surface area contributed by atoms with Crippen molar-refractivity contribution in [2.24, 2.45) is 5.73 Å². The van der Waals surface area contributed by atoms with Crippen molar-refractivity contribution in [1.29, 1.82) is 0 Å². The SMILES string of the molecule is COc1ccc(Br)cc1CNc1cccc(C(N)=O)c1C. The molecule has 5 heteroatoms. The molecule has 0 fully saturated rings. The fraction of sp³-hybridized carbons (Fsp3) is 0.188. The van der Waals surface area contributed by atoms with Gasteiger partial charge in [-0.1, -0.05) is 22.0 Å². The molecule has 0 radical (unpaired) electrons. The molecule has 0 spiro atoms. The quantitative estimate of drug-likeness (QED) is 0.869. The number of nitrogens with two attached hydrogens (primary N) is 1. The number of ether oxygens (including phenoxy) is 1. The second-order valence-electron chi connectivity index (χ2n) is 4.65. The summed E-state index contributed by atoms with van der Waals surface area (Å²) in [5, 5.41) is 3.32. The first-order valence-electron chi connectivity index (χ1n) is 6.48. The lowest BCUT2D eigenvalue weighted by atomic mass is 10.1. The predicted molar refractivity (Wildman–Crippen MR) is 87.7 cm³/mol. The van der Waals surface area contributed by atoms with Gasteiger partial charge in [0.15, 0.2) is 0 Å². The van der Waals surface area contributed by atoms with Gasteiger partial charge in [0.25, 0.3) is 0 Å². The highest BCUT2D eigenvalue weighted by molar-refractivity contribution is 9.10. The lowest BCUT2D eigenvalue weighted by molar-refractivity contribution is 0.1000. The van der Waals surface area contributed by atoms with E-state index in [0.717, 1.165) is 27.0 Å². The number of anilines is 1. The molecule has 0 saturated carbocycles. The van der Waals surface area contributed by atoms with Gasteiger partial charge in [0, 0.05) is 27.8 Å². The first-order chi connectivity index (χ1) is 10.0. The van der Waals surface area contributed by atoms with Crippen molar-refractivity contribution in [3.8, 4) is 5.75 Å². The van der Waals surface area contributed by atoms with E-state index in [1.165, 1.54) is 0 Å². The summed E-state index contributed by atoms with van der Waals surface area (Å²) >= 11 is 3.45. The normalized spacial score (nSPS) is 10.2. The van der Waals surface area contributed by atoms with Gasteiger partial charge < -0.3 is 15.8 Å². The van der Waals surface area contributed by atoms with Crippen LogP contribution in [0, 0.1) is 6.92 Å². The molecule has 0 saturated heterocycles. The summed E-state index contributed by atoms with van der Waals surface area (Å²) in [6.07, 6.45) is 0. The fourth-order valence-electron chi connectivity index (χ4n) is 2.17. The first-order valence-corrected chi connectivity index (χ1v) is 7.28. The topological polar surface area (TPSA) is 64.3 Å². The monoisotopic (exact) mass is 348 g/mol. The van der Waals surface area contributed by atoms with Crippen LogP contribution in [-0.2, 0) is 6.54 Å². The highest BCUT2D eigenvalue weighted by atomic mass is 79.9. The Morgan fingerprint density at radius 1 is 1.33 bits per heavy atom. The molecule has 0 bridgehead atoms. The number of carbonyl (C=O) groups is 1. The van der Waals surface area contributed by atoms with Gasteiger partial charge in [0.2, 0.25) is 5.91 Å². The van der Waals surface area contributed by atoms with Gasteiger partial charge in [0.05, 0.1) is 7.11 Å². The molecule has 2 aromatic rings. The zero-order valence-electron chi connectivity index (χ0n) is 11.9. The number of hydrogen-bond acceptors (Lipinski definition) is 3. The second kappa shape index (κ2) is 6.63. The van der Waals surface area contributed by atoms with Crippen LogP contribution < -0.4 is 15.8 Å². The van der Waals surface area contributed by atoms with Crippen LogP contribution in [0.25, 0.3) is 0 Å². The molecular formula is C16H17BrN2O2. The van der Waals surface area contributed by atoms with Gasteiger partial charge in [-0.2, -0.15) is 0 Å². The molecule has 0 aliphatic heterocycles. The van der Waals surface area contributed by atoms with E-state index < -0.39 is 5.91 Å². The number of rotatable bonds is 5. The van der Waals surface area contributed by atoms with Crippen molar-refractivity contribution in [2.75, 3.05) is 12.4 Å². The molecule has 2 aromatic carbocycles. The zero-order valence-corrected chi connectivity index (χ0v) is 13.5. The number of hydrogen-bond donors (Lipinski definition) is 2. The van der Waals surface area contributed by atoms with Crippen molar-refractivity contribution in [1.82, 2.24) is 0 Å². The number of carbonyl (C=O) groups excluding carboxylic acids is 1. The molecule has 2 rings (SSSR count). The fourth-order valence-corrected chi connectivity index (χ4v) is 2.58. The van der Waals surface area contributed by atoms with E-state index in [-0.39, 0.29) is 0 Å². The van der Waals surface area contributed by atoms with Crippen molar-refractivity contribution in [2.45, 2.75) is 13.5 Å². The third-order valence-corrected chi connectivity index (χ3v) is 3.80. The van der Waals surface area contributed by atoms with Gasteiger partial charge in [-0.3, -0.25) is 4.79 Å². The molecule has 3 N–H and O–H groups in total. The van der Waals surface area contributed by atoms with Crippen molar-refractivity contribution in [3.63, 3.8) is 0 Å². The maximum atomic E-state index is 11.4. The van der Waals surface area contributed by atoms with E-state index in [1.54, 1.807) is 13.2 Å². The smallest absolute Gasteiger partial charge is 0.249 e. The molecule has 110 valence electrons. The van der Waals surface area contributed by atoms with Gasteiger partial charge in [-0.15, -0.1) is 0 Å². The maximum absolute atomic E-state index is 11.4. The van der Waals surface area contributed by atoms with Gasteiger partial charge in [-0.05, 0) is 42.8 Å². The third-order valence-electron chi connectivity index (χ3n) is 3.31. The molecule has 0 aliphatic carbocycles. The number of methoxy groups -OCH3 is 1. The van der Waals surface area contributed by atoms with Crippen LogP contribution in [0.15, 0.2) is 40.9 Å². The van der Waals surface area contributed by atoms with Gasteiger partial charge >= 0.3 is 0 Å². The average molecular weight is 349 g/mol. The van der Waals surface area contributed by atoms with Gasteiger partial charge in [0.1, 0.15) is 5.75 Å². The summed E-state index contributed by atoms with van der Waals surface area (Å²) in [5.74, 6) is 0.394. The molecule has 0 aliphatic rings. The van der Waals surface area contributed by atoms with E-state index in [9.17, 15) is 4.79 Å². The van der Waals surface area contributed by atoms with Crippen molar-refractivity contribution in [3.05, 3.63) is 57.6 Å². The minimum Gasteiger partial charge on any atom is -0.496 e. The van der Waals surface area contributed by atoms with Gasteiger partial charge in [-0.25, -0.2) is 0 Å². The predicted octanol–water partition coefficient (Wildman–Crippen LogP) is 3.48. The highest BCUT2D eigenvalue weighted by Gasteiger charge is 2.09. The van der Waals surface area contributed by atoms with Crippen LogP contribution in [0.2, 0.25) is 0 Å². The van der Waals surface area contributed by atoms with E-state index >= 15 is 0 Å². The number of primary amides is 1. The Hall–Kier alpha value is -2.01. The molecular weight excluding hydrogens is 332 g/mol. The molecule has 1 amide bonds. The Morgan fingerprint density at radius 2 is 2.10 bits per heavy atom. The minimum absolute atomic E-state index is 0.420. The van der Waals surface area contributed by atoms with Crippen LogP contribution in [-0.4, -0.2) is 13.0 Å². The number of halogens is 1. The molecule has 0 heterocycles. The van der Waals surface area contributed by atoms with E-state index in [4.69, 9.17) is 10.5 Å². The third kappa shape index (κ3) is 3.55. The summed E-state index contributed by atoms with van der Waals surface area (Å²) in [4.78, 5) is 11.4. The summed E-state index contributed by atoms with van der Waals surface area (Å²) < 4.78 is 6.33. The minimum atomic E-state index is -0.420. The summed E-state index contributed by atoms with van der Waals surface area (Å²) in [7, 11) is 1.64. The van der Waals surface area contributed by atoms with Crippen LogP contribution >= 0.6 is 15.9 Å². The largest absolute Gasteiger partial charge is 0.496 e. The molecule has 0 unspecified atom stereocenters. The Morgan fingerprint density at radius 3 is 2.76 bits per heavy atom. The standard InChI is InChI=1S/C16H17BrN2O2/c1-10-13(16(18)20)4-3-5-14(10)19-9-11-8-12(17)6-7-15(11)21-2/h3-8,19H,9H2,1-2H3,(H2,18,20). The number of benzene rings is 2. The number of nitrogens with one attached hydrogen (secondary N) is 1. The molecule has 4 nitrogen and oxygen atoms in total. The summed E-state index contributed by atoms with van der Waals surface area (Å²) in [5.41, 5.74) is 8.65. The lowest BCUT2D eigenvalue weighted by Crippen LogP contribution is -2.14. The first kappa shape index (κ1) is 15.4. The van der Waals surface area contributed by atoms with Crippen LogP contribution in [0.3, 0.4) is 0 Å². The maximum Gasteiger partial charge on any atom is 0.249 e. The summed E-state index contributed by atoms with van der Waals surface area (Å²) in [6.45, 7) is 2.46. The van der Waals surface area contributed by atoms with Crippen LogP contribution in [0.5, 0.6) is 5.75 Å². The lowest BCUT2D eigenvalue weighted by Gasteiger charge is -2.14. The Labute approximate surface area is 132 Å². The number of amides is 1. The van der Waals surface area contributed by atoms with E-state index in [1.807, 2.05) is 37.3 Å². The Bertz CT molecular complexity index is 671. The van der Waals surface area contributed by atoms with Crippen molar-refractivity contribution < 1.29 is 9.53 Å². The van der Waals surface area contributed by atoms with Crippen LogP contribution in [0.4, 0.5) is 5.69 Å². The molecule has 0 aromatic heterocycles. The average Bonchev–Trinajstić information content (AvgIpc) is 2.46. The van der Waals surface area contributed by atoms with E-state index in [2.05, 4.69) is 21.2 Å². The van der Waals surface area contributed by atoms with E-state index in [0.29, 0.717) is 12.1 Å². The van der Waals surface area contributed by atoms with Crippen LogP contribution in [0.1, 0.15) is 21.5 Å². The highest BCUT2D eigenvalue weighted by Crippen LogP contribution is 2.25. The molecule has 21 heavy (non-hydrogen) atoms. The summed E-state index contributed by atoms with van der Waals surface area (Å²) in [6, 6.07) is 11.3. The zero-order chi connectivity index (χ0) is 15.4.